The van der Waals surface area contributed by atoms with E-state index in [1.54, 1.807) is 19.1 Å². The van der Waals surface area contributed by atoms with Gasteiger partial charge in [-0.2, -0.15) is 13.2 Å². The van der Waals surface area contributed by atoms with Crippen LogP contribution in [0.3, 0.4) is 0 Å². The van der Waals surface area contributed by atoms with E-state index in [0.717, 1.165) is 13.1 Å². The number of hydrogen-bond donors (Lipinski definition) is 1. The van der Waals surface area contributed by atoms with Gasteiger partial charge in [-0.25, -0.2) is 0 Å². The summed E-state index contributed by atoms with van der Waals surface area (Å²) in [5.74, 6) is 0. The first-order valence-electron chi connectivity index (χ1n) is 6.76. The lowest BCUT2D eigenvalue weighted by atomic mass is 10.0. The molecule has 0 amide bonds. The van der Waals surface area contributed by atoms with Crippen LogP contribution in [0.25, 0.3) is 0 Å². The summed E-state index contributed by atoms with van der Waals surface area (Å²) in [5, 5.41) is 0. The number of nitrogens with two attached hydrogens (primary N) is 1. The molecular weight excluding hydrogens is 277 g/mol. The largest absolute Gasteiger partial charge is 0.432 e. The molecule has 0 rings (SSSR count). The lowest BCUT2D eigenvalue weighted by molar-refractivity contribution is -0.0577. The van der Waals surface area contributed by atoms with Crippen LogP contribution in [0.2, 0.25) is 0 Å². The molecule has 0 bridgehead atoms. The highest BCUT2D eigenvalue weighted by molar-refractivity contribution is 6.00. The Morgan fingerprint density at radius 1 is 1.19 bits per heavy atom. The second-order valence-corrected chi connectivity index (χ2v) is 3.85. The van der Waals surface area contributed by atoms with E-state index in [2.05, 4.69) is 18.2 Å². The van der Waals surface area contributed by atoms with Crippen LogP contribution in [0, 0.1) is 0 Å². The van der Waals surface area contributed by atoms with E-state index in [1.807, 2.05) is 13.8 Å². The summed E-state index contributed by atoms with van der Waals surface area (Å²) >= 11 is 0. The second-order valence-electron chi connectivity index (χ2n) is 3.85. The number of rotatable bonds is 6. The monoisotopic (exact) mass is 302 g/mol. The van der Waals surface area contributed by atoms with Gasteiger partial charge >= 0.3 is 6.18 Å². The zero-order chi connectivity index (χ0) is 17.1. The van der Waals surface area contributed by atoms with Gasteiger partial charge in [0.2, 0.25) is 0 Å². The van der Waals surface area contributed by atoms with Crippen LogP contribution < -0.4 is 5.73 Å². The Hall–Kier alpha value is -1.62. The lowest BCUT2D eigenvalue weighted by Crippen LogP contribution is -2.21. The molecule has 0 heterocycles. The minimum atomic E-state index is -4.46. The quantitative estimate of drug-likeness (QED) is 0.565. The third-order valence-electron chi connectivity index (χ3n) is 2.42. The summed E-state index contributed by atoms with van der Waals surface area (Å²) in [7, 11) is 1.11. The Bertz CT molecular complexity index is 427. The van der Waals surface area contributed by atoms with Crippen LogP contribution in [0.5, 0.6) is 0 Å². The average Bonchev–Trinajstić information content (AvgIpc) is 2.46. The molecule has 0 unspecified atom stereocenters. The van der Waals surface area contributed by atoms with Gasteiger partial charge in [0.05, 0.1) is 0 Å². The molecule has 0 aromatic heterocycles. The van der Waals surface area contributed by atoms with Gasteiger partial charge in [-0.3, -0.25) is 4.99 Å². The van der Waals surface area contributed by atoms with Crippen LogP contribution in [-0.2, 0) is 0 Å². The third-order valence-corrected chi connectivity index (χ3v) is 2.42. The Morgan fingerprint density at radius 2 is 1.71 bits per heavy atom. The van der Waals surface area contributed by atoms with Crippen molar-refractivity contribution in [2.75, 3.05) is 13.6 Å². The summed E-state index contributed by atoms with van der Waals surface area (Å²) < 4.78 is 37.8. The minimum absolute atomic E-state index is 0.291. The van der Waals surface area contributed by atoms with Crippen LogP contribution >= 0.6 is 0 Å². The second kappa shape index (κ2) is 11.1. The summed E-state index contributed by atoms with van der Waals surface area (Å²) in [5.41, 5.74) is 6.08. The molecule has 0 spiro atoms. The highest BCUT2D eigenvalue weighted by Gasteiger charge is 2.33. The van der Waals surface area contributed by atoms with E-state index >= 15 is 0 Å². The van der Waals surface area contributed by atoms with Gasteiger partial charge in [0.1, 0.15) is 5.71 Å². The number of aliphatic imine (C=N–C) groups is 1. The number of alkyl halides is 3. The highest BCUT2D eigenvalue weighted by Crippen LogP contribution is 2.22. The van der Waals surface area contributed by atoms with Gasteiger partial charge in [0.25, 0.3) is 0 Å². The zero-order valence-corrected chi connectivity index (χ0v) is 13.2. The fraction of sp³-hybridized carbons (Fsp3) is 0.438. The summed E-state index contributed by atoms with van der Waals surface area (Å²) in [6.07, 6.45) is 0.224. The van der Waals surface area contributed by atoms with Crippen LogP contribution in [0.1, 0.15) is 27.2 Å². The first-order chi connectivity index (χ1) is 9.76. The molecule has 21 heavy (non-hydrogen) atoms. The van der Waals surface area contributed by atoms with Crippen molar-refractivity contribution in [3.8, 4) is 0 Å². The van der Waals surface area contributed by atoms with Gasteiger partial charge in [-0.05, 0) is 29.2 Å². The minimum Gasteiger partial charge on any atom is -0.327 e. The van der Waals surface area contributed by atoms with Crippen molar-refractivity contribution >= 4 is 5.71 Å². The summed E-state index contributed by atoms with van der Waals surface area (Å²) in [6.45, 7) is 13.5. The maximum absolute atomic E-state index is 12.6. The zero-order valence-electron chi connectivity index (χ0n) is 13.2. The first-order valence-corrected chi connectivity index (χ1v) is 6.76. The number of hydrogen-bond acceptors (Lipinski definition) is 2. The van der Waals surface area contributed by atoms with Crippen molar-refractivity contribution in [2.45, 2.75) is 33.4 Å². The van der Waals surface area contributed by atoms with Gasteiger partial charge in [-0.1, -0.05) is 46.1 Å². The van der Waals surface area contributed by atoms with E-state index in [4.69, 9.17) is 5.73 Å². The first kappa shape index (κ1) is 21.7. The predicted molar refractivity (Wildman–Crippen MR) is 85.6 cm³/mol. The van der Waals surface area contributed by atoms with Crippen molar-refractivity contribution in [1.29, 1.82) is 0 Å². The number of halogens is 3. The van der Waals surface area contributed by atoms with Crippen molar-refractivity contribution in [3.05, 3.63) is 48.1 Å². The number of nitrogens with zero attached hydrogens (tertiary/aromatic N) is 1. The van der Waals surface area contributed by atoms with E-state index in [-0.39, 0.29) is 0 Å². The molecule has 0 fully saturated rings. The molecule has 2 N–H and O–H groups in total. The molecule has 2 nitrogen and oxygen atoms in total. The molecule has 0 aromatic rings. The Balaban J connectivity index is 0. The normalized spacial score (nSPS) is 13.0. The molecule has 0 aromatic carbocycles. The van der Waals surface area contributed by atoms with Crippen molar-refractivity contribution in [3.63, 3.8) is 0 Å². The van der Waals surface area contributed by atoms with E-state index in [0.29, 0.717) is 29.7 Å². The molecule has 0 aliphatic rings. The molecule has 120 valence electrons. The van der Waals surface area contributed by atoms with Gasteiger partial charge in [-0.15, -0.1) is 0 Å². The number of allylic oxidation sites excluding steroid dienone is 4. The summed E-state index contributed by atoms with van der Waals surface area (Å²) in [4.78, 5) is 3.25. The fourth-order valence-electron chi connectivity index (χ4n) is 1.25. The SMILES string of the molecule is C=C(/C=C\C(=C)/C(=C/C(=NC)C(F)(F)F)CC)CN.CC. The lowest BCUT2D eigenvalue weighted by Gasteiger charge is -2.09. The molecule has 0 aliphatic heterocycles. The predicted octanol–water partition coefficient (Wildman–Crippen LogP) is 4.61. The van der Waals surface area contributed by atoms with Crippen LogP contribution in [0.4, 0.5) is 13.2 Å². The van der Waals surface area contributed by atoms with Gasteiger partial charge in [0, 0.05) is 13.6 Å². The van der Waals surface area contributed by atoms with Crippen LogP contribution in [-0.4, -0.2) is 25.5 Å². The Kier molecular flexibility index (Phi) is 11.4. The maximum atomic E-state index is 12.6. The van der Waals surface area contributed by atoms with E-state index < -0.39 is 11.9 Å². The molecule has 0 aliphatic carbocycles. The van der Waals surface area contributed by atoms with Crippen molar-refractivity contribution < 1.29 is 13.2 Å². The molecule has 0 atom stereocenters. The smallest absolute Gasteiger partial charge is 0.327 e. The average molecular weight is 302 g/mol. The molecule has 0 radical (unpaired) electrons. The van der Waals surface area contributed by atoms with Crippen molar-refractivity contribution in [1.82, 2.24) is 0 Å². The fourth-order valence-corrected chi connectivity index (χ4v) is 1.25. The Morgan fingerprint density at radius 3 is 2.05 bits per heavy atom. The third kappa shape index (κ3) is 9.02. The van der Waals surface area contributed by atoms with Gasteiger partial charge in [0.15, 0.2) is 0 Å². The molecule has 5 heteroatoms. The van der Waals surface area contributed by atoms with E-state index in [1.165, 1.54) is 0 Å². The Labute approximate surface area is 125 Å². The van der Waals surface area contributed by atoms with Gasteiger partial charge < -0.3 is 5.73 Å². The molecule has 0 saturated carbocycles. The molecule has 0 saturated heterocycles. The summed E-state index contributed by atoms with van der Waals surface area (Å²) in [6, 6.07) is 0. The topological polar surface area (TPSA) is 38.4 Å². The standard InChI is InChI=1S/C14H19F3N2.C2H6/c1-5-12(8-13(19-4)14(15,16)17)11(3)7-6-10(2)9-18;1-2/h6-8H,2-3,5,9,18H2,1,4H3;1-2H3/b7-6-,12-8+,19-13?;. The van der Waals surface area contributed by atoms with Crippen LogP contribution in [0.15, 0.2) is 53.1 Å². The van der Waals surface area contributed by atoms with E-state index in [9.17, 15) is 13.2 Å². The van der Waals surface area contributed by atoms with Crippen molar-refractivity contribution in [2.24, 2.45) is 10.7 Å². The maximum Gasteiger partial charge on any atom is 0.432 e. The highest BCUT2D eigenvalue weighted by atomic mass is 19.4. The molecular formula is C16H25F3N2.